The van der Waals surface area contributed by atoms with Crippen LogP contribution in [-0.4, -0.2) is 119 Å². The van der Waals surface area contributed by atoms with Gasteiger partial charge in [-0.05, 0) is 122 Å². The Morgan fingerprint density at radius 2 is 0.924 bits per heavy atom. The van der Waals surface area contributed by atoms with Crippen molar-refractivity contribution in [2.45, 2.75) is 103 Å². The number of nitrogens with one attached hydrogen (secondary N) is 1. The number of ether oxygens (including phenoxy) is 4. The van der Waals surface area contributed by atoms with Crippen LogP contribution in [0.1, 0.15) is 102 Å². The van der Waals surface area contributed by atoms with Crippen LogP contribution in [0.15, 0.2) is 297 Å². The topological polar surface area (TPSA) is 184 Å². The van der Waals surface area contributed by atoms with E-state index in [1.165, 1.54) is 113 Å². The van der Waals surface area contributed by atoms with Crippen LogP contribution >= 0.6 is 0 Å². The van der Waals surface area contributed by atoms with Crippen molar-refractivity contribution in [1.82, 2.24) is 5.32 Å². The van der Waals surface area contributed by atoms with Crippen LogP contribution in [0, 0.1) is 6.08 Å². The van der Waals surface area contributed by atoms with Gasteiger partial charge in [-0.1, -0.05) is 212 Å². The molecule has 0 amide bonds. The van der Waals surface area contributed by atoms with E-state index in [4.69, 9.17) is 14.2 Å². The van der Waals surface area contributed by atoms with Gasteiger partial charge < -0.3 is 106 Å². The third kappa shape index (κ3) is 20.3. The summed E-state index contributed by atoms with van der Waals surface area (Å²) in [6.07, 6.45) is 31.0. The highest BCUT2D eigenvalue weighted by molar-refractivity contribution is 6.19. The van der Waals surface area contributed by atoms with Crippen LogP contribution in [-0.2, 0) is 82.2 Å². The second-order valence-corrected chi connectivity index (χ2v) is 30.4. The average Bonchev–Trinajstić information content (AvgIpc) is 1.55. The normalized spacial score (nSPS) is 17.0. The van der Waals surface area contributed by atoms with Crippen LogP contribution in [0.4, 0.5) is 22.7 Å². The third-order valence-electron chi connectivity index (χ3n) is 22.4. The molecular weight excluding hydrogens is 1830 g/mol. The fourth-order valence-corrected chi connectivity index (χ4v) is 17.2. The quantitative estimate of drug-likeness (QED) is 0.00500. The molecule has 0 radical (unpaired) electrons. The zero-order valence-electron chi connectivity index (χ0n) is 68.4. The first kappa shape index (κ1) is 91.8. The van der Waals surface area contributed by atoms with Crippen LogP contribution < -0.4 is 82.1 Å². The number of allylic oxidation sites excluding steroid dienone is 14. The largest absolute Gasteiger partial charge is 1.00 e. The minimum absolute atomic E-state index is 0. The number of nitrogens with zero attached hydrogens (tertiary/aromatic N) is 4. The number of carboxylic acids is 1. The predicted molar refractivity (Wildman–Crippen MR) is 463 cm³/mol. The molecule has 0 aromatic heterocycles. The van der Waals surface area contributed by atoms with Crippen molar-refractivity contribution in [2.75, 3.05) is 50.9 Å². The Morgan fingerprint density at radius 1 is 0.487 bits per heavy atom. The number of halogens is 3. The monoisotopic (exact) mass is 1930 g/mol. The van der Waals surface area contributed by atoms with Crippen molar-refractivity contribution in [1.29, 1.82) is 0 Å². The Kier molecular flexibility index (Phi) is 32.4. The number of para-hydroxylation sites is 2. The number of carbonyl (C=O) groups excluding carboxylic acids is 5. The van der Waals surface area contributed by atoms with Crippen molar-refractivity contribution in [3.63, 3.8) is 0 Å². The molecule has 0 bridgehead atoms. The fourth-order valence-electron chi connectivity index (χ4n) is 17.2. The van der Waals surface area contributed by atoms with Crippen LogP contribution in [0.5, 0.6) is 0 Å². The Morgan fingerprint density at radius 3 is 1.43 bits per heavy atom. The lowest BCUT2D eigenvalue weighted by atomic mass is 9.73. The van der Waals surface area contributed by atoms with Gasteiger partial charge >= 0.3 is 17.9 Å². The van der Waals surface area contributed by atoms with Gasteiger partial charge in [-0.3, -0.25) is 28.8 Å². The molecule has 15 rings (SSSR count). The van der Waals surface area contributed by atoms with E-state index in [-0.39, 0.29) is 101 Å². The first-order chi connectivity index (χ1) is 56.2. The number of carboxylic acid groups (broad SMARTS) is 1. The van der Waals surface area contributed by atoms with E-state index in [2.05, 4.69) is 308 Å². The molecule has 0 saturated heterocycles. The van der Waals surface area contributed by atoms with Crippen molar-refractivity contribution in [3.8, 4) is 0 Å². The summed E-state index contributed by atoms with van der Waals surface area (Å²) in [5.74, 6) is -1.94. The first-order valence-electron chi connectivity index (χ1n) is 39.2. The maximum atomic E-state index is 11.6. The second-order valence-electron chi connectivity index (χ2n) is 30.4. The molecule has 19 heteroatoms. The molecule has 119 heavy (non-hydrogen) atoms. The van der Waals surface area contributed by atoms with Gasteiger partial charge in [0.15, 0.2) is 42.5 Å². The van der Waals surface area contributed by atoms with Crippen molar-refractivity contribution < 1.29 is 138 Å². The molecule has 0 fully saturated rings. The van der Waals surface area contributed by atoms with Crippen molar-refractivity contribution in [3.05, 3.63) is 336 Å². The summed E-state index contributed by atoms with van der Waals surface area (Å²) in [6.45, 7) is 22.8. The molecular formula is C100H99I3N5O11+. The number of rotatable bonds is 26. The molecule has 10 aromatic carbocycles. The van der Waals surface area contributed by atoms with Gasteiger partial charge in [0.2, 0.25) is 17.1 Å². The Bertz CT molecular complexity index is 5760. The molecule has 5 aliphatic rings. The minimum atomic E-state index is -0.813. The lowest BCUT2D eigenvalue weighted by molar-refractivity contribution is -0.440. The van der Waals surface area contributed by atoms with Crippen molar-refractivity contribution in [2.24, 2.45) is 0 Å². The summed E-state index contributed by atoms with van der Waals surface area (Å²) in [6, 6.07) is 72.6. The molecule has 4 heterocycles. The minimum Gasteiger partial charge on any atom is -1.00 e. The molecule has 10 aromatic rings. The molecule has 610 valence electrons. The standard InChI is InChI=1S/C45H42N2O4.C28H26NO2.C23H23N2O2.C4H6O3.3HI/c1-44(2)37-22-14-15-23-38(37)46(27-26-41(49)50)39(44)24-8-5-9-25-40-45(3,30-32-16-6-4-7-17-32)42-35-20-12-10-18-33(35)34-19-11-13-21-36(34)43(42)47(40)28-29-51-31-48;1-20-28(2,18-21-10-4-3-5-11-21)26-24-14-8-6-12-22(24)23-13-7-9-15-25(23)27(26)29(20)16-17-31-19-30;1-23(2)20-12-6-7-13-21(20)25(16-17-27-18-26)22(23)14-8-9-15-24-19-10-4-3-5-11-19;1-3(5)7-4(2)6;;;/h4-25,31H,26-30H2,1-3H3;3-15,19H,16-18H2,1-2H3;3-4,6-15,18H,16-17H2,1-2H3;1-2H3;3*1H/q;2*+1;;;;/p-1. The number of hydrogen-bond acceptors (Lipinski definition) is 12. The molecule has 0 saturated carbocycles. The highest BCUT2D eigenvalue weighted by Gasteiger charge is 2.50. The van der Waals surface area contributed by atoms with Gasteiger partial charge in [0.05, 0.1) is 39.9 Å². The molecule has 2 N–H and O–H groups in total. The Hall–Kier alpha value is -11.1. The van der Waals surface area contributed by atoms with E-state index < -0.39 is 23.3 Å². The van der Waals surface area contributed by atoms with Gasteiger partial charge in [0, 0.05) is 96.6 Å². The van der Waals surface area contributed by atoms with Gasteiger partial charge in [0.1, 0.15) is 38.4 Å². The Labute approximate surface area is 748 Å². The number of benzene rings is 10. The number of esters is 2. The van der Waals surface area contributed by atoms with Crippen molar-refractivity contribution >= 4 is 120 Å². The van der Waals surface area contributed by atoms with E-state index in [9.17, 15) is 33.9 Å². The van der Waals surface area contributed by atoms with E-state index in [0.717, 1.165) is 41.3 Å². The maximum Gasteiger partial charge on any atom is 0.310 e. The lowest BCUT2D eigenvalue weighted by Gasteiger charge is -2.31. The number of hydrogen-bond donors (Lipinski definition) is 2. The Balaban J connectivity index is 0.000000204. The third-order valence-corrected chi connectivity index (χ3v) is 22.4. The number of fused-ring (bicyclic) bond motifs is 14. The SMILES string of the molecule is CC(=O)OC(C)=O.CC1(C)C(/C=C/C=C/NC2=CC=C[C+]=C2)=[N+](CCOC=O)c2ccccc21.CC1(C)C(C=CC=CC=C2N(CCOC=O)c3c(c4ccccc4c4ccccc34)C2(C)Cc2ccccc2)=[N+](CCC(=O)O)c2ccccc21.CC1=[N+](CCOC=O)c2c(c3ccccc3c3ccccc23)C1(C)Cc1ccccc1.[I-].[I-].[I-]. The highest BCUT2D eigenvalue weighted by Crippen LogP contribution is 2.56. The molecule has 2 atom stereocenters. The summed E-state index contributed by atoms with van der Waals surface area (Å²) >= 11 is 0. The first-order valence-corrected chi connectivity index (χ1v) is 39.2. The van der Waals surface area contributed by atoms with E-state index >= 15 is 0 Å². The average molecular weight is 1930 g/mol. The maximum absolute atomic E-state index is 11.6. The summed E-state index contributed by atoms with van der Waals surface area (Å²) in [4.78, 5) is 66.2. The fraction of sp³-hybridized carbons (Fsp3) is 0.230. The number of aliphatic carboxylic acids is 1. The van der Waals surface area contributed by atoms with Gasteiger partial charge in [-0.25, -0.2) is 0 Å². The smallest absolute Gasteiger partial charge is 0.310 e. The van der Waals surface area contributed by atoms with Crippen LogP contribution in [0.3, 0.4) is 0 Å². The van der Waals surface area contributed by atoms with Crippen LogP contribution in [0.25, 0.3) is 43.1 Å². The summed E-state index contributed by atoms with van der Waals surface area (Å²) in [7, 11) is 0. The highest BCUT2D eigenvalue weighted by atomic mass is 127. The molecule has 2 unspecified atom stereocenters. The molecule has 16 nitrogen and oxygen atoms in total. The van der Waals surface area contributed by atoms with E-state index in [1.54, 1.807) is 0 Å². The van der Waals surface area contributed by atoms with Gasteiger partial charge in [0.25, 0.3) is 19.4 Å². The van der Waals surface area contributed by atoms with Crippen LogP contribution in [0.2, 0.25) is 0 Å². The zero-order chi connectivity index (χ0) is 82.0. The summed E-state index contributed by atoms with van der Waals surface area (Å²) < 4.78 is 26.1. The van der Waals surface area contributed by atoms with E-state index in [0.29, 0.717) is 58.8 Å². The summed E-state index contributed by atoms with van der Waals surface area (Å²) in [5.41, 5.74) is 17.0. The molecule has 4 aliphatic heterocycles. The van der Waals surface area contributed by atoms with Gasteiger partial charge in [-0.15, -0.1) is 0 Å². The summed E-state index contributed by atoms with van der Waals surface area (Å²) in [5, 5.41) is 22.6. The predicted octanol–water partition coefficient (Wildman–Crippen LogP) is 9.64. The molecule has 0 spiro atoms. The lowest BCUT2D eigenvalue weighted by Crippen LogP contribution is -3.00. The molecule has 1 aliphatic carbocycles. The van der Waals surface area contributed by atoms with Gasteiger partial charge in [-0.2, -0.15) is 13.7 Å². The number of carbonyl (C=O) groups is 6. The van der Waals surface area contributed by atoms with E-state index in [1.807, 2.05) is 60.9 Å². The number of anilines is 1. The zero-order valence-corrected chi connectivity index (χ0v) is 74.9. The second kappa shape index (κ2) is 42.0.